The number of hydrogen-bond acceptors (Lipinski definition) is 4. The maximum Gasteiger partial charge on any atom is 0.225 e. The van der Waals surface area contributed by atoms with E-state index in [0.29, 0.717) is 17.6 Å². The van der Waals surface area contributed by atoms with Crippen molar-refractivity contribution in [2.24, 2.45) is 0 Å². The Morgan fingerprint density at radius 3 is 3.00 bits per heavy atom. The van der Waals surface area contributed by atoms with Crippen LogP contribution < -0.4 is 4.74 Å². The summed E-state index contributed by atoms with van der Waals surface area (Å²) in [7, 11) is -1.20. The quantitative estimate of drug-likeness (QED) is 0.817. The average Bonchev–Trinajstić information content (AvgIpc) is 2.51. The predicted molar refractivity (Wildman–Crippen MR) is 83.5 cm³/mol. The summed E-state index contributed by atoms with van der Waals surface area (Å²) in [6.45, 7) is 2.59. The molecule has 1 aromatic heterocycles. The molecule has 0 N–H and O–H groups in total. The summed E-state index contributed by atoms with van der Waals surface area (Å²) in [4.78, 5) is 8.39. The number of hydrogen-bond donors (Lipinski definition) is 0. The van der Waals surface area contributed by atoms with Crippen molar-refractivity contribution in [3.8, 4) is 17.0 Å². The van der Waals surface area contributed by atoms with Gasteiger partial charge in [-0.25, -0.2) is 4.98 Å². The first-order chi connectivity index (χ1) is 10.2. The third kappa shape index (κ3) is 2.74. The van der Waals surface area contributed by atoms with Crippen molar-refractivity contribution >= 4 is 16.9 Å². The van der Waals surface area contributed by atoms with Crippen LogP contribution in [0.5, 0.6) is 5.88 Å². The van der Waals surface area contributed by atoms with Crippen LogP contribution in [0.2, 0.25) is 0 Å². The maximum atomic E-state index is 11.4. The van der Waals surface area contributed by atoms with Crippen LogP contribution in [0, 0.1) is 0 Å². The van der Waals surface area contributed by atoms with Crippen molar-refractivity contribution < 1.29 is 8.95 Å². The molecule has 0 amide bonds. The number of allylic oxidation sites excluding steroid dienone is 1. The predicted octanol–water partition coefficient (Wildman–Crippen LogP) is 3.20. The van der Waals surface area contributed by atoms with Gasteiger partial charge in [-0.05, 0) is 29.2 Å². The molecule has 1 aliphatic heterocycles. The van der Waals surface area contributed by atoms with E-state index in [9.17, 15) is 4.21 Å². The molecule has 1 unspecified atom stereocenters. The number of ether oxygens (including phenoxy) is 1. The fourth-order valence-electron chi connectivity index (χ4n) is 2.28. The van der Waals surface area contributed by atoms with Gasteiger partial charge >= 0.3 is 0 Å². The number of nitrogens with zero attached hydrogens (tertiary/aromatic N) is 2. The number of fused-ring (bicyclic) bond motifs is 3. The minimum Gasteiger partial charge on any atom is -0.472 e. The van der Waals surface area contributed by atoms with Crippen LogP contribution in [0.15, 0.2) is 35.6 Å². The van der Waals surface area contributed by atoms with E-state index in [1.807, 2.05) is 0 Å². The highest BCUT2D eigenvalue weighted by Crippen LogP contribution is 2.36. The normalized spacial score (nSPS) is 14.4. The van der Waals surface area contributed by atoms with Crippen LogP contribution in [0.1, 0.15) is 24.5 Å². The van der Waals surface area contributed by atoms with Gasteiger partial charge in [0.2, 0.25) is 11.0 Å². The average molecular weight is 300 g/mol. The molecule has 2 aromatic rings. The van der Waals surface area contributed by atoms with Crippen LogP contribution in [-0.2, 0) is 17.4 Å². The van der Waals surface area contributed by atoms with Crippen LogP contribution in [0.25, 0.3) is 17.2 Å². The van der Waals surface area contributed by atoms with Gasteiger partial charge in [0.1, 0.15) is 6.61 Å². The number of rotatable bonds is 3. The van der Waals surface area contributed by atoms with E-state index in [4.69, 9.17) is 4.74 Å². The first kappa shape index (κ1) is 13.9. The molecule has 2 heterocycles. The van der Waals surface area contributed by atoms with Gasteiger partial charge in [0, 0.05) is 12.5 Å². The molecule has 0 spiro atoms. The van der Waals surface area contributed by atoms with Crippen molar-refractivity contribution in [3.05, 3.63) is 41.6 Å². The summed E-state index contributed by atoms with van der Waals surface area (Å²) in [6.07, 6.45) is 8.51. The topological polar surface area (TPSA) is 52.1 Å². The van der Waals surface area contributed by atoms with E-state index in [-0.39, 0.29) is 0 Å². The zero-order chi connectivity index (χ0) is 14.8. The lowest BCUT2D eigenvalue weighted by Crippen LogP contribution is -2.09. The van der Waals surface area contributed by atoms with Gasteiger partial charge in [0.05, 0.1) is 16.4 Å². The van der Waals surface area contributed by atoms with Crippen molar-refractivity contribution in [3.63, 3.8) is 0 Å². The van der Waals surface area contributed by atoms with E-state index in [1.54, 1.807) is 12.5 Å². The SMILES string of the molecule is CC/C=C/c1ccc2c(c1)COc1nc(S(C)=O)ncc1-2. The summed E-state index contributed by atoms with van der Waals surface area (Å²) >= 11 is 0. The summed E-state index contributed by atoms with van der Waals surface area (Å²) in [5.41, 5.74) is 4.22. The Kier molecular flexibility index (Phi) is 3.84. The fourth-order valence-corrected chi connectivity index (χ4v) is 2.70. The summed E-state index contributed by atoms with van der Waals surface area (Å²) in [5, 5.41) is 0.305. The van der Waals surface area contributed by atoms with Gasteiger partial charge in [-0.2, -0.15) is 4.98 Å². The second-order valence-corrected chi connectivity index (χ2v) is 6.11. The molecule has 0 fully saturated rings. The third-order valence-electron chi connectivity index (χ3n) is 3.32. The van der Waals surface area contributed by atoms with Crippen LogP contribution >= 0.6 is 0 Å². The van der Waals surface area contributed by atoms with Gasteiger partial charge in [0.15, 0.2) is 0 Å². The molecule has 5 heteroatoms. The Morgan fingerprint density at radius 2 is 2.24 bits per heavy atom. The monoisotopic (exact) mass is 300 g/mol. The highest BCUT2D eigenvalue weighted by Gasteiger charge is 2.20. The molecule has 1 aromatic carbocycles. The molecule has 0 radical (unpaired) electrons. The third-order valence-corrected chi connectivity index (χ3v) is 4.03. The van der Waals surface area contributed by atoms with Gasteiger partial charge in [-0.3, -0.25) is 4.21 Å². The lowest BCUT2D eigenvalue weighted by atomic mass is 9.97. The van der Waals surface area contributed by atoms with E-state index < -0.39 is 10.8 Å². The van der Waals surface area contributed by atoms with Gasteiger partial charge in [0.25, 0.3) is 0 Å². The van der Waals surface area contributed by atoms with Gasteiger partial charge < -0.3 is 4.74 Å². The molecule has 21 heavy (non-hydrogen) atoms. The Bertz CT molecular complexity index is 741. The minimum atomic E-state index is -1.20. The maximum absolute atomic E-state index is 11.4. The van der Waals surface area contributed by atoms with E-state index in [2.05, 4.69) is 47.2 Å². The molecule has 0 saturated carbocycles. The summed E-state index contributed by atoms with van der Waals surface area (Å²) in [6, 6.07) is 6.26. The van der Waals surface area contributed by atoms with E-state index in [1.165, 1.54) is 0 Å². The molecule has 4 nitrogen and oxygen atoms in total. The van der Waals surface area contributed by atoms with Crippen molar-refractivity contribution in [2.75, 3.05) is 6.26 Å². The zero-order valence-corrected chi connectivity index (χ0v) is 12.8. The lowest BCUT2D eigenvalue weighted by Gasteiger charge is -2.20. The molecule has 3 rings (SSSR count). The van der Waals surface area contributed by atoms with Crippen molar-refractivity contribution in [1.82, 2.24) is 9.97 Å². The Balaban J connectivity index is 2.03. The summed E-state index contributed by atoms with van der Waals surface area (Å²) < 4.78 is 17.1. The Morgan fingerprint density at radius 1 is 1.38 bits per heavy atom. The second kappa shape index (κ2) is 5.77. The first-order valence-corrected chi connectivity index (χ1v) is 8.38. The Hall–Kier alpha value is -2.01. The highest BCUT2D eigenvalue weighted by atomic mass is 32.2. The first-order valence-electron chi connectivity index (χ1n) is 6.82. The molecule has 0 aliphatic carbocycles. The van der Waals surface area contributed by atoms with E-state index >= 15 is 0 Å². The molecule has 1 aliphatic rings. The number of benzene rings is 1. The zero-order valence-electron chi connectivity index (χ0n) is 12.0. The standard InChI is InChI=1S/C16H16N2O2S/c1-3-4-5-11-6-7-13-12(8-11)10-20-15-14(13)9-17-16(18-15)21(2)19/h4-9H,3,10H2,1-2H3/b5-4+. The second-order valence-electron chi connectivity index (χ2n) is 4.84. The van der Waals surface area contributed by atoms with Crippen molar-refractivity contribution in [1.29, 1.82) is 0 Å². The minimum absolute atomic E-state index is 0.305. The van der Waals surface area contributed by atoms with E-state index in [0.717, 1.165) is 28.7 Å². The molecule has 0 bridgehead atoms. The Labute approximate surface area is 126 Å². The highest BCUT2D eigenvalue weighted by molar-refractivity contribution is 7.84. The number of aromatic nitrogens is 2. The molecular weight excluding hydrogens is 284 g/mol. The van der Waals surface area contributed by atoms with Gasteiger partial charge in [-0.15, -0.1) is 0 Å². The lowest BCUT2D eigenvalue weighted by molar-refractivity contribution is 0.286. The summed E-state index contributed by atoms with van der Waals surface area (Å²) in [5.74, 6) is 0.513. The molecular formula is C16H16N2O2S. The molecule has 108 valence electrons. The fraction of sp³-hybridized carbons (Fsp3) is 0.250. The molecule has 0 saturated heterocycles. The smallest absolute Gasteiger partial charge is 0.225 e. The van der Waals surface area contributed by atoms with Gasteiger partial charge in [-0.1, -0.05) is 31.2 Å². The van der Waals surface area contributed by atoms with Crippen LogP contribution in [0.4, 0.5) is 0 Å². The molecule has 1 atom stereocenters. The van der Waals surface area contributed by atoms with Crippen LogP contribution in [-0.4, -0.2) is 20.4 Å². The largest absolute Gasteiger partial charge is 0.472 e. The van der Waals surface area contributed by atoms with Crippen molar-refractivity contribution in [2.45, 2.75) is 25.1 Å². The van der Waals surface area contributed by atoms with Crippen LogP contribution in [0.3, 0.4) is 0 Å².